The molecule has 0 aromatic heterocycles. The highest BCUT2D eigenvalue weighted by atomic mass is 16.6. The average Bonchev–Trinajstić information content (AvgIpc) is 2.91. The van der Waals surface area contributed by atoms with Gasteiger partial charge in [0.25, 0.3) is 5.91 Å². The van der Waals surface area contributed by atoms with Crippen molar-refractivity contribution in [1.82, 2.24) is 10.2 Å². The summed E-state index contributed by atoms with van der Waals surface area (Å²) < 4.78 is 5.38. The Morgan fingerprint density at radius 1 is 0.907 bits per heavy atom. The van der Waals surface area contributed by atoms with Crippen LogP contribution in [-0.4, -0.2) is 45.9 Å². The Morgan fingerprint density at radius 2 is 1.56 bits per heavy atom. The number of alkyl carbamates (subject to hydrolysis) is 1. The number of fused-ring (bicyclic) bond motifs is 1. The summed E-state index contributed by atoms with van der Waals surface area (Å²) in [4.78, 5) is 55.2. The second kappa shape index (κ2) is 13.3. The minimum atomic E-state index is -1.36. The molecule has 3 aromatic rings. The molecule has 3 rings (SSSR count). The lowest BCUT2D eigenvalue weighted by Crippen LogP contribution is -2.59. The Labute approximate surface area is 254 Å². The maximum absolute atomic E-state index is 14.5. The molecule has 0 saturated heterocycles. The first-order chi connectivity index (χ1) is 20.0. The molecule has 4 amide bonds. The van der Waals surface area contributed by atoms with Gasteiger partial charge < -0.3 is 26.0 Å². The van der Waals surface area contributed by atoms with Crippen LogP contribution in [0.2, 0.25) is 0 Å². The van der Waals surface area contributed by atoms with Gasteiger partial charge in [0, 0.05) is 11.2 Å². The molecule has 0 fully saturated rings. The number of anilines is 1. The van der Waals surface area contributed by atoms with E-state index < -0.39 is 53.5 Å². The molecule has 0 saturated carbocycles. The SMILES string of the molecule is CCC(C)(C)N(C(=O)C(CC(N)=O)NC(=O)OC(C)(C)C)C(C(=O)Nc1ccc2ccccc2c1)c1cccc(C)c1C. The predicted octanol–water partition coefficient (Wildman–Crippen LogP) is 5.92. The van der Waals surface area contributed by atoms with Crippen LogP contribution in [0.5, 0.6) is 0 Å². The third kappa shape index (κ3) is 8.34. The molecule has 0 bridgehead atoms. The van der Waals surface area contributed by atoms with E-state index >= 15 is 0 Å². The van der Waals surface area contributed by atoms with Gasteiger partial charge in [-0.15, -0.1) is 0 Å². The minimum absolute atomic E-state index is 0.436. The van der Waals surface area contributed by atoms with E-state index in [9.17, 15) is 19.2 Å². The number of hydrogen-bond acceptors (Lipinski definition) is 5. The summed E-state index contributed by atoms with van der Waals surface area (Å²) in [6.07, 6.45) is -0.871. The summed E-state index contributed by atoms with van der Waals surface area (Å²) >= 11 is 0. The third-order valence-corrected chi connectivity index (χ3v) is 7.61. The topological polar surface area (TPSA) is 131 Å². The fraction of sp³-hybridized carbons (Fsp3) is 0.412. The van der Waals surface area contributed by atoms with Gasteiger partial charge in [0.2, 0.25) is 11.8 Å². The molecule has 0 heterocycles. The minimum Gasteiger partial charge on any atom is -0.444 e. The lowest BCUT2D eigenvalue weighted by atomic mass is 9.89. The number of carbonyl (C=O) groups is 4. The highest BCUT2D eigenvalue weighted by Gasteiger charge is 2.44. The normalized spacial score (nSPS) is 13.1. The molecule has 3 aromatic carbocycles. The van der Waals surface area contributed by atoms with E-state index in [0.29, 0.717) is 17.7 Å². The molecule has 4 N–H and O–H groups in total. The number of nitrogens with zero attached hydrogens (tertiary/aromatic N) is 1. The zero-order valence-electron chi connectivity index (χ0n) is 26.4. The van der Waals surface area contributed by atoms with Gasteiger partial charge in [0.05, 0.1) is 6.42 Å². The lowest BCUT2D eigenvalue weighted by molar-refractivity contribution is -0.148. The highest BCUT2D eigenvalue weighted by molar-refractivity contribution is 6.01. The van der Waals surface area contributed by atoms with Crippen LogP contribution in [0.4, 0.5) is 10.5 Å². The summed E-state index contributed by atoms with van der Waals surface area (Å²) in [7, 11) is 0. The average molecular weight is 589 g/mol. The van der Waals surface area contributed by atoms with Gasteiger partial charge >= 0.3 is 6.09 Å². The van der Waals surface area contributed by atoms with E-state index in [1.54, 1.807) is 20.8 Å². The van der Waals surface area contributed by atoms with Crippen LogP contribution in [0.15, 0.2) is 60.7 Å². The molecule has 2 atom stereocenters. The summed E-state index contributed by atoms with van der Waals surface area (Å²) in [5, 5.41) is 7.54. The molecular formula is C34H44N4O5. The van der Waals surface area contributed by atoms with E-state index in [1.165, 1.54) is 4.90 Å². The van der Waals surface area contributed by atoms with Crippen molar-refractivity contribution in [2.24, 2.45) is 5.73 Å². The number of rotatable bonds is 10. The number of nitrogens with two attached hydrogens (primary N) is 1. The van der Waals surface area contributed by atoms with Gasteiger partial charge in [-0.05, 0) is 94.5 Å². The summed E-state index contributed by atoms with van der Waals surface area (Å²) in [6.45, 7) is 14.5. The predicted molar refractivity (Wildman–Crippen MR) is 169 cm³/mol. The van der Waals surface area contributed by atoms with Gasteiger partial charge in [0.15, 0.2) is 0 Å². The van der Waals surface area contributed by atoms with Gasteiger partial charge in [0.1, 0.15) is 17.7 Å². The van der Waals surface area contributed by atoms with E-state index in [1.807, 2.05) is 95.3 Å². The maximum Gasteiger partial charge on any atom is 0.408 e. The number of amides is 4. The number of primary amides is 1. The van der Waals surface area contributed by atoms with Crippen LogP contribution in [0.3, 0.4) is 0 Å². The first kappa shape index (κ1) is 33.1. The van der Waals surface area contributed by atoms with Gasteiger partial charge in [-0.2, -0.15) is 0 Å². The lowest BCUT2D eigenvalue weighted by Gasteiger charge is -2.45. The Hall–Kier alpha value is -4.40. The number of nitrogens with one attached hydrogen (secondary N) is 2. The van der Waals surface area contributed by atoms with Crippen LogP contribution >= 0.6 is 0 Å². The summed E-state index contributed by atoms with van der Waals surface area (Å²) in [5.74, 6) is -1.85. The fourth-order valence-corrected chi connectivity index (χ4v) is 4.91. The molecule has 0 radical (unpaired) electrons. The Kier molecular flexibility index (Phi) is 10.2. The van der Waals surface area contributed by atoms with Crippen LogP contribution < -0.4 is 16.4 Å². The van der Waals surface area contributed by atoms with Crippen molar-refractivity contribution >= 4 is 40.3 Å². The largest absolute Gasteiger partial charge is 0.444 e. The number of aryl methyl sites for hydroxylation is 1. The summed E-state index contributed by atoms with van der Waals surface area (Å²) in [5.41, 5.74) is 6.80. The fourth-order valence-electron chi connectivity index (χ4n) is 4.91. The van der Waals surface area contributed by atoms with Crippen molar-refractivity contribution in [3.8, 4) is 0 Å². The Balaban J connectivity index is 2.16. The smallest absolute Gasteiger partial charge is 0.408 e. The molecular weight excluding hydrogens is 544 g/mol. The zero-order valence-corrected chi connectivity index (χ0v) is 26.4. The highest BCUT2D eigenvalue weighted by Crippen LogP contribution is 2.35. The number of hydrogen-bond donors (Lipinski definition) is 3. The van der Waals surface area contributed by atoms with E-state index in [0.717, 1.165) is 21.9 Å². The molecule has 2 unspecified atom stereocenters. The van der Waals surface area contributed by atoms with Crippen molar-refractivity contribution in [3.05, 3.63) is 77.4 Å². The van der Waals surface area contributed by atoms with Crippen molar-refractivity contribution in [2.45, 2.75) is 91.5 Å². The molecule has 9 nitrogen and oxygen atoms in total. The molecule has 0 aliphatic rings. The first-order valence-electron chi connectivity index (χ1n) is 14.5. The molecule has 0 aliphatic heterocycles. The molecule has 43 heavy (non-hydrogen) atoms. The van der Waals surface area contributed by atoms with Gasteiger partial charge in [-0.25, -0.2) is 4.79 Å². The van der Waals surface area contributed by atoms with E-state index in [2.05, 4.69) is 10.6 Å². The molecule has 0 aliphatic carbocycles. The zero-order chi connectivity index (χ0) is 32.1. The van der Waals surface area contributed by atoms with E-state index in [4.69, 9.17) is 10.5 Å². The Bertz CT molecular complexity index is 1510. The maximum atomic E-state index is 14.5. The quantitative estimate of drug-likeness (QED) is 0.271. The van der Waals surface area contributed by atoms with Crippen molar-refractivity contribution in [1.29, 1.82) is 0 Å². The Morgan fingerprint density at radius 3 is 2.16 bits per heavy atom. The third-order valence-electron chi connectivity index (χ3n) is 7.61. The molecule has 9 heteroatoms. The first-order valence-corrected chi connectivity index (χ1v) is 14.5. The number of benzene rings is 3. The van der Waals surface area contributed by atoms with Gasteiger partial charge in [-0.1, -0.05) is 55.5 Å². The van der Waals surface area contributed by atoms with Crippen molar-refractivity contribution in [3.63, 3.8) is 0 Å². The van der Waals surface area contributed by atoms with Crippen LogP contribution in [0.25, 0.3) is 10.8 Å². The molecule has 0 spiro atoms. The number of carbonyl (C=O) groups excluding carboxylic acids is 4. The monoisotopic (exact) mass is 588 g/mol. The second-order valence-electron chi connectivity index (χ2n) is 12.5. The van der Waals surface area contributed by atoms with Gasteiger partial charge in [-0.3, -0.25) is 14.4 Å². The van der Waals surface area contributed by atoms with Crippen LogP contribution in [0, 0.1) is 13.8 Å². The van der Waals surface area contributed by atoms with Crippen molar-refractivity contribution in [2.75, 3.05) is 5.32 Å². The second-order valence-corrected chi connectivity index (χ2v) is 12.5. The van der Waals surface area contributed by atoms with Crippen molar-refractivity contribution < 1.29 is 23.9 Å². The van der Waals surface area contributed by atoms with Crippen LogP contribution in [-0.2, 0) is 19.1 Å². The number of ether oxygens (including phenoxy) is 1. The van der Waals surface area contributed by atoms with Crippen LogP contribution in [0.1, 0.15) is 77.1 Å². The standard InChI is InChI=1S/C34H44N4O5/c1-9-34(7,8)38(31(41)27(20-28(35)39)37-32(42)43-33(4,5)6)29(26-16-12-13-21(2)22(26)3)30(40)36-25-18-17-23-14-10-11-15-24(23)19-25/h10-19,27,29H,9,20H2,1-8H3,(H2,35,39)(H,36,40)(H,37,42). The summed E-state index contributed by atoms with van der Waals surface area (Å²) in [6, 6.07) is 16.6. The van der Waals surface area contributed by atoms with E-state index in [-0.39, 0.29) is 0 Å². The molecule has 230 valence electrons.